The maximum Gasteiger partial charge on any atom is 0.248 e. The number of hydrogen-bond acceptors (Lipinski definition) is 6. The summed E-state index contributed by atoms with van der Waals surface area (Å²) in [4.78, 5) is 42.7. The molecule has 2 unspecified atom stereocenters. The van der Waals surface area contributed by atoms with Crippen LogP contribution in [0.3, 0.4) is 0 Å². The van der Waals surface area contributed by atoms with Crippen molar-refractivity contribution in [3.05, 3.63) is 24.3 Å². The van der Waals surface area contributed by atoms with Gasteiger partial charge in [0.05, 0.1) is 23.7 Å². The molecule has 0 radical (unpaired) electrons. The van der Waals surface area contributed by atoms with E-state index in [1.165, 1.54) is 0 Å². The molecule has 4 rings (SSSR count). The van der Waals surface area contributed by atoms with E-state index >= 15 is 0 Å². The van der Waals surface area contributed by atoms with E-state index in [1.54, 1.807) is 48.0 Å². The van der Waals surface area contributed by atoms with Crippen LogP contribution >= 0.6 is 11.8 Å². The van der Waals surface area contributed by atoms with E-state index in [4.69, 9.17) is 9.84 Å². The van der Waals surface area contributed by atoms with E-state index in [9.17, 15) is 14.4 Å². The second kappa shape index (κ2) is 10.4. The third-order valence-corrected chi connectivity index (χ3v) is 9.76. The predicted octanol–water partition coefficient (Wildman–Crippen LogP) is 2.80. The number of unbranched alkanes of at least 4 members (excludes halogenated alkanes) is 2. The number of nitrogens with one attached hydrogen (secondary N) is 2. The van der Waals surface area contributed by atoms with Crippen LogP contribution in [0.2, 0.25) is 0 Å². The molecule has 8 nitrogen and oxygen atoms in total. The summed E-state index contributed by atoms with van der Waals surface area (Å²) < 4.78 is 4.23. The topological polar surface area (TPSA) is 108 Å². The van der Waals surface area contributed by atoms with Gasteiger partial charge in [0.2, 0.25) is 17.7 Å². The van der Waals surface area contributed by atoms with Crippen LogP contribution in [0, 0.1) is 11.8 Å². The van der Waals surface area contributed by atoms with Crippen LogP contribution in [-0.2, 0) is 14.4 Å². The fourth-order valence-electron chi connectivity index (χ4n) is 6.18. The van der Waals surface area contributed by atoms with Crippen LogP contribution in [0.1, 0.15) is 52.4 Å². The fraction of sp³-hybridized carbons (Fsp3) is 0.654. The van der Waals surface area contributed by atoms with Crippen molar-refractivity contribution >= 4 is 35.2 Å². The lowest BCUT2D eigenvalue weighted by Crippen LogP contribution is -2.52. The molecule has 3 amide bonds. The summed E-state index contributed by atoms with van der Waals surface area (Å²) in [5.41, 5.74) is 0.643. The van der Waals surface area contributed by atoms with Crippen molar-refractivity contribution in [3.63, 3.8) is 0 Å². The smallest absolute Gasteiger partial charge is 0.248 e. The number of nitrogens with zero attached hydrogens (tertiary/aromatic N) is 1. The summed E-state index contributed by atoms with van der Waals surface area (Å²) in [6, 6.07) is 6.50. The molecule has 192 valence electrons. The van der Waals surface area contributed by atoms with Gasteiger partial charge >= 0.3 is 0 Å². The zero-order valence-electron chi connectivity index (χ0n) is 20.8. The molecule has 1 aromatic rings. The number of methoxy groups -OCH3 is 1. The summed E-state index contributed by atoms with van der Waals surface area (Å²) in [5, 5.41) is 15.2. The Hall–Kier alpha value is -2.26. The Morgan fingerprint density at radius 2 is 1.91 bits per heavy atom. The number of aliphatic hydroxyl groups excluding tert-OH is 1. The Balaban J connectivity index is 1.64. The molecular formula is C26H37N3O5S. The number of thioether (sulfide) groups is 1. The average molecular weight is 504 g/mol. The van der Waals surface area contributed by atoms with Gasteiger partial charge in [-0.2, -0.15) is 0 Å². The first kappa shape index (κ1) is 25.8. The quantitative estimate of drug-likeness (QED) is 0.401. The molecule has 2 bridgehead atoms. The molecule has 0 saturated carbocycles. The monoisotopic (exact) mass is 503 g/mol. The Kier molecular flexibility index (Phi) is 7.66. The Morgan fingerprint density at radius 3 is 2.57 bits per heavy atom. The highest BCUT2D eigenvalue weighted by Gasteiger charge is 2.76. The molecule has 1 aromatic carbocycles. The van der Waals surface area contributed by atoms with Gasteiger partial charge in [0, 0.05) is 30.1 Å². The zero-order chi connectivity index (χ0) is 25.2. The third-order valence-electron chi connectivity index (χ3n) is 7.77. The lowest BCUT2D eigenvalue weighted by Gasteiger charge is -2.34. The average Bonchev–Trinajstić information content (AvgIpc) is 3.41. The van der Waals surface area contributed by atoms with Crippen LogP contribution in [0.15, 0.2) is 24.3 Å². The van der Waals surface area contributed by atoms with Crippen LogP contribution in [0.25, 0.3) is 0 Å². The predicted molar refractivity (Wildman–Crippen MR) is 136 cm³/mol. The molecule has 9 heteroatoms. The number of fused-ring (bicyclic) bond motifs is 1. The molecular weight excluding hydrogens is 466 g/mol. The first-order chi connectivity index (χ1) is 16.8. The maximum atomic E-state index is 13.9. The number of likely N-dealkylation sites (tertiary alicyclic amines) is 1. The standard InChI is InChI=1S/C26H37N3O5S/c1-4-14-27-22(31)19-20-24(33)29(15-6-5-7-16-30)21(26(20)13-12-25(19,2)35-26)23(32)28-17-8-10-18(34-3)11-9-17/h8-11,19-21,30H,4-7,12-16H2,1-3H3,(H,27,31)(H,28,32)/t19-,20-,21?,25+,26?/m0/s1. The van der Waals surface area contributed by atoms with E-state index in [1.807, 2.05) is 6.92 Å². The molecule has 3 heterocycles. The lowest BCUT2D eigenvalue weighted by molar-refractivity contribution is -0.140. The molecule has 3 aliphatic heterocycles. The van der Waals surface area contributed by atoms with E-state index in [0.717, 1.165) is 25.7 Å². The summed E-state index contributed by atoms with van der Waals surface area (Å²) in [6.07, 6.45) is 4.50. The number of benzene rings is 1. The fourth-order valence-corrected chi connectivity index (χ4v) is 8.54. The Bertz CT molecular complexity index is 957. The minimum absolute atomic E-state index is 0.0711. The van der Waals surface area contributed by atoms with Gasteiger partial charge in [-0.1, -0.05) is 6.92 Å². The first-order valence-corrected chi connectivity index (χ1v) is 13.5. The highest BCUT2D eigenvalue weighted by atomic mass is 32.2. The molecule has 1 spiro atoms. The first-order valence-electron chi connectivity index (χ1n) is 12.7. The number of anilines is 1. The number of carbonyl (C=O) groups is 3. The van der Waals surface area contributed by atoms with Crippen molar-refractivity contribution in [2.75, 3.05) is 32.1 Å². The number of ether oxygens (including phenoxy) is 1. The van der Waals surface area contributed by atoms with E-state index in [2.05, 4.69) is 17.6 Å². The van der Waals surface area contributed by atoms with Gasteiger partial charge in [-0.15, -0.1) is 11.8 Å². The van der Waals surface area contributed by atoms with Crippen molar-refractivity contribution in [1.29, 1.82) is 0 Å². The summed E-state index contributed by atoms with van der Waals surface area (Å²) in [7, 11) is 1.59. The van der Waals surface area contributed by atoms with E-state index in [0.29, 0.717) is 37.4 Å². The largest absolute Gasteiger partial charge is 0.497 e. The summed E-state index contributed by atoms with van der Waals surface area (Å²) in [6.45, 7) is 5.22. The van der Waals surface area contributed by atoms with Crippen LogP contribution < -0.4 is 15.4 Å². The minimum atomic E-state index is -0.646. The van der Waals surface area contributed by atoms with E-state index < -0.39 is 22.6 Å². The molecule has 3 N–H and O–H groups in total. The maximum absolute atomic E-state index is 13.9. The second-order valence-corrected chi connectivity index (χ2v) is 11.9. The Morgan fingerprint density at radius 1 is 1.17 bits per heavy atom. The highest BCUT2D eigenvalue weighted by molar-refractivity contribution is 8.02. The van der Waals surface area contributed by atoms with Crippen LogP contribution in [-0.4, -0.2) is 70.1 Å². The van der Waals surface area contributed by atoms with Crippen molar-refractivity contribution in [3.8, 4) is 5.75 Å². The molecule has 5 atom stereocenters. The second-order valence-electron chi connectivity index (χ2n) is 10.1. The Labute approximate surface area is 211 Å². The molecule has 3 saturated heterocycles. The highest BCUT2D eigenvalue weighted by Crippen LogP contribution is 2.71. The summed E-state index contributed by atoms with van der Waals surface area (Å²) in [5.74, 6) is -0.622. The van der Waals surface area contributed by atoms with Gasteiger partial charge in [-0.25, -0.2) is 0 Å². The zero-order valence-corrected chi connectivity index (χ0v) is 21.7. The molecule has 0 aliphatic carbocycles. The van der Waals surface area contributed by atoms with Gasteiger partial charge < -0.3 is 25.4 Å². The molecule has 3 aliphatic rings. The molecule has 3 fully saturated rings. The van der Waals surface area contributed by atoms with Crippen LogP contribution in [0.5, 0.6) is 5.75 Å². The number of aliphatic hydroxyl groups is 1. The molecule has 0 aromatic heterocycles. The van der Waals surface area contributed by atoms with E-state index in [-0.39, 0.29) is 29.1 Å². The molecule has 35 heavy (non-hydrogen) atoms. The van der Waals surface area contributed by atoms with Gasteiger partial charge in [0.15, 0.2) is 0 Å². The SMILES string of the molecule is CCCNC(=O)[C@@H]1[C@H]2C(=O)N(CCCCCO)C(C(=O)Nc3ccc(OC)cc3)C23CC[C@@]1(C)S3. The number of rotatable bonds is 11. The van der Waals surface area contributed by atoms with Gasteiger partial charge in [-0.05, 0) is 69.7 Å². The van der Waals surface area contributed by atoms with Crippen molar-refractivity contribution in [1.82, 2.24) is 10.2 Å². The number of amides is 3. The van der Waals surface area contributed by atoms with Crippen molar-refractivity contribution < 1.29 is 24.2 Å². The van der Waals surface area contributed by atoms with Crippen molar-refractivity contribution in [2.24, 2.45) is 11.8 Å². The third kappa shape index (κ3) is 4.53. The minimum Gasteiger partial charge on any atom is -0.497 e. The van der Waals surface area contributed by atoms with Crippen molar-refractivity contribution in [2.45, 2.75) is 67.9 Å². The van der Waals surface area contributed by atoms with Gasteiger partial charge in [0.1, 0.15) is 11.8 Å². The van der Waals surface area contributed by atoms with Gasteiger partial charge in [-0.3, -0.25) is 14.4 Å². The van der Waals surface area contributed by atoms with Gasteiger partial charge in [0.25, 0.3) is 0 Å². The number of hydrogen-bond donors (Lipinski definition) is 3. The van der Waals surface area contributed by atoms with Crippen LogP contribution in [0.4, 0.5) is 5.69 Å². The normalized spacial score (nSPS) is 30.9. The summed E-state index contributed by atoms with van der Waals surface area (Å²) >= 11 is 1.68. The number of carbonyl (C=O) groups excluding carboxylic acids is 3. The lowest BCUT2D eigenvalue weighted by atomic mass is 9.66.